The van der Waals surface area contributed by atoms with E-state index in [9.17, 15) is 22.8 Å². The molecular weight excluding hydrogens is 337 g/mol. The van der Waals surface area contributed by atoms with Crippen LogP contribution >= 0.6 is 0 Å². The molecule has 0 aliphatic carbocycles. The summed E-state index contributed by atoms with van der Waals surface area (Å²) in [6.45, 7) is 0. The molecule has 0 fully saturated rings. The van der Waals surface area contributed by atoms with Gasteiger partial charge in [-0.15, -0.1) is 0 Å². The average Bonchev–Trinajstić information content (AvgIpc) is 3.02. The summed E-state index contributed by atoms with van der Waals surface area (Å²) >= 11 is 0. The van der Waals surface area contributed by atoms with E-state index in [1.807, 2.05) is 5.32 Å². The molecule has 2 amide bonds. The monoisotopic (exact) mass is 348 g/mol. The number of rotatable bonds is 2. The van der Waals surface area contributed by atoms with Gasteiger partial charge in [0.05, 0.1) is 23.0 Å². The van der Waals surface area contributed by atoms with E-state index in [2.05, 4.69) is 15.5 Å². The highest BCUT2D eigenvalue weighted by atomic mass is 19.4. The molecule has 0 aliphatic rings. The van der Waals surface area contributed by atoms with E-state index in [0.717, 1.165) is 17.5 Å². The Hall–Kier alpha value is -3.36. The van der Waals surface area contributed by atoms with Crippen molar-refractivity contribution in [2.75, 3.05) is 10.6 Å². The number of carbonyl (C=O) groups excluding carboxylic acids is 2. The SMILES string of the molecule is O=C(Nc1ccc2cn[nH]c2c1)C(=O)Nc1ccccc1C(F)(F)F. The van der Waals surface area contributed by atoms with Crippen LogP contribution in [-0.2, 0) is 15.8 Å². The number of nitrogens with one attached hydrogen (secondary N) is 3. The van der Waals surface area contributed by atoms with E-state index in [0.29, 0.717) is 11.2 Å². The number of halogens is 3. The van der Waals surface area contributed by atoms with E-state index in [4.69, 9.17) is 0 Å². The van der Waals surface area contributed by atoms with Gasteiger partial charge in [0, 0.05) is 11.1 Å². The lowest BCUT2D eigenvalue weighted by molar-refractivity contribution is -0.137. The van der Waals surface area contributed by atoms with Gasteiger partial charge < -0.3 is 10.6 Å². The Bertz CT molecular complexity index is 950. The van der Waals surface area contributed by atoms with Gasteiger partial charge in [0.1, 0.15) is 0 Å². The van der Waals surface area contributed by atoms with Gasteiger partial charge in [-0.05, 0) is 30.3 Å². The number of para-hydroxylation sites is 1. The minimum absolute atomic E-state index is 0.306. The fraction of sp³-hybridized carbons (Fsp3) is 0.0625. The summed E-state index contributed by atoms with van der Waals surface area (Å²) < 4.78 is 38.7. The summed E-state index contributed by atoms with van der Waals surface area (Å²) in [5.41, 5.74) is -0.573. The second-order valence-corrected chi connectivity index (χ2v) is 5.12. The maximum Gasteiger partial charge on any atom is 0.418 e. The molecular formula is C16H11F3N4O2. The van der Waals surface area contributed by atoms with Crippen molar-refractivity contribution >= 4 is 34.1 Å². The second kappa shape index (κ2) is 6.27. The third kappa shape index (κ3) is 3.60. The maximum atomic E-state index is 12.9. The summed E-state index contributed by atoms with van der Waals surface area (Å²) in [6, 6.07) is 9.19. The molecule has 9 heteroatoms. The number of H-pyrrole nitrogens is 1. The lowest BCUT2D eigenvalue weighted by Gasteiger charge is -2.13. The van der Waals surface area contributed by atoms with Crippen molar-refractivity contribution in [2.45, 2.75) is 6.18 Å². The molecule has 25 heavy (non-hydrogen) atoms. The van der Waals surface area contributed by atoms with Gasteiger partial charge in [0.15, 0.2) is 0 Å². The molecule has 6 nitrogen and oxygen atoms in total. The van der Waals surface area contributed by atoms with Crippen molar-refractivity contribution in [1.82, 2.24) is 10.2 Å². The number of aromatic amines is 1. The first-order valence-corrected chi connectivity index (χ1v) is 7.06. The summed E-state index contributed by atoms with van der Waals surface area (Å²) in [4.78, 5) is 23.8. The van der Waals surface area contributed by atoms with Crippen LogP contribution in [0.3, 0.4) is 0 Å². The molecule has 1 aromatic heterocycles. The first-order chi connectivity index (χ1) is 11.8. The third-order valence-corrected chi connectivity index (χ3v) is 3.39. The number of nitrogens with zero attached hydrogens (tertiary/aromatic N) is 1. The van der Waals surface area contributed by atoms with E-state index in [1.54, 1.807) is 24.4 Å². The van der Waals surface area contributed by atoms with Crippen LogP contribution in [0.25, 0.3) is 10.9 Å². The predicted octanol–water partition coefficient (Wildman–Crippen LogP) is 3.16. The van der Waals surface area contributed by atoms with Crippen LogP contribution in [0.5, 0.6) is 0 Å². The highest BCUT2D eigenvalue weighted by Gasteiger charge is 2.34. The first kappa shape index (κ1) is 16.5. The molecule has 3 rings (SSSR count). The summed E-state index contributed by atoms with van der Waals surface area (Å²) in [5, 5.41) is 11.6. The number of alkyl halides is 3. The van der Waals surface area contributed by atoms with Crippen LogP contribution in [0.15, 0.2) is 48.7 Å². The zero-order valence-electron chi connectivity index (χ0n) is 12.5. The van der Waals surface area contributed by atoms with Crippen LogP contribution in [0, 0.1) is 0 Å². The highest BCUT2D eigenvalue weighted by molar-refractivity contribution is 6.43. The van der Waals surface area contributed by atoms with Gasteiger partial charge in [-0.1, -0.05) is 12.1 Å². The normalized spacial score (nSPS) is 11.3. The molecule has 0 aliphatic heterocycles. The standard InChI is InChI=1S/C16H11F3N4O2/c17-16(18,19)11-3-1-2-4-12(11)22-15(25)14(24)21-10-6-5-9-8-20-23-13(9)7-10/h1-8H,(H,20,23)(H,21,24)(H,22,25). The van der Waals surface area contributed by atoms with Crippen molar-refractivity contribution in [3.8, 4) is 0 Å². The van der Waals surface area contributed by atoms with E-state index in [1.165, 1.54) is 12.1 Å². The van der Waals surface area contributed by atoms with Gasteiger partial charge in [-0.25, -0.2) is 0 Å². The molecule has 0 bridgehead atoms. The molecule has 0 saturated carbocycles. The quantitative estimate of drug-likeness (QED) is 0.622. The number of benzene rings is 2. The summed E-state index contributed by atoms with van der Waals surface area (Å²) in [5.74, 6) is -2.29. The van der Waals surface area contributed by atoms with Crippen LogP contribution in [0.4, 0.5) is 24.5 Å². The zero-order valence-corrected chi connectivity index (χ0v) is 12.5. The van der Waals surface area contributed by atoms with E-state index < -0.39 is 29.2 Å². The van der Waals surface area contributed by atoms with Crippen LogP contribution in [0.1, 0.15) is 5.56 Å². The van der Waals surface area contributed by atoms with Crippen LogP contribution in [0.2, 0.25) is 0 Å². The van der Waals surface area contributed by atoms with Crippen molar-refractivity contribution in [3.63, 3.8) is 0 Å². The van der Waals surface area contributed by atoms with Crippen molar-refractivity contribution < 1.29 is 22.8 Å². The average molecular weight is 348 g/mol. The smallest absolute Gasteiger partial charge is 0.318 e. The number of hydrogen-bond acceptors (Lipinski definition) is 3. The second-order valence-electron chi connectivity index (χ2n) is 5.12. The fourth-order valence-electron chi connectivity index (χ4n) is 2.22. The molecule has 0 atom stereocenters. The van der Waals surface area contributed by atoms with Gasteiger partial charge in [0.2, 0.25) is 0 Å². The largest absolute Gasteiger partial charge is 0.418 e. The van der Waals surface area contributed by atoms with Crippen LogP contribution < -0.4 is 10.6 Å². The fourth-order valence-corrected chi connectivity index (χ4v) is 2.22. The molecule has 0 saturated heterocycles. The van der Waals surface area contributed by atoms with Gasteiger partial charge in [0.25, 0.3) is 0 Å². The molecule has 0 unspecified atom stereocenters. The van der Waals surface area contributed by atoms with Crippen molar-refractivity contribution in [3.05, 3.63) is 54.2 Å². The molecule has 3 aromatic rings. The van der Waals surface area contributed by atoms with Crippen molar-refractivity contribution in [2.24, 2.45) is 0 Å². The molecule has 2 aromatic carbocycles. The number of amides is 2. The number of carbonyl (C=O) groups is 2. The predicted molar refractivity (Wildman–Crippen MR) is 84.8 cm³/mol. The Balaban J connectivity index is 1.74. The molecule has 0 spiro atoms. The minimum Gasteiger partial charge on any atom is -0.318 e. The Morgan fingerprint density at radius 2 is 1.72 bits per heavy atom. The summed E-state index contributed by atoms with van der Waals surface area (Å²) in [6.07, 6.45) is -3.06. The summed E-state index contributed by atoms with van der Waals surface area (Å²) in [7, 11) is 0. The Labute approximate surface area is 139 Å². The van der Waals surface area contributed by atoms with Gasteiger partial charge >= 0.3 is 18.0 Å². The molecule has 0 radical (unpaired) electrons. The Morgan fingerprint density at radius 1 is 1.00 bits per heavy atom. The minimum atomic E-state index is -4.65. The number of aromatic nitrogens is 2. The van der Waals surface area contributed by atoms with E-state index in [-0.39, 0.29) is 0 Å². The molecule has 3 N–H and O–H groups in total. The zero-order chi connectivity index (χ0) is 18.0. The lowest BCUT2D eigenvalue weighted by Crippen LogP contribution is -2.30. The molecule has 128 valence electrons. The number of hydrogen-bond donors (Lipinski definition) is 3. The first-order valence-electron chi connectivity index (χ1n) is 7.06. The van der Waals surface area contributed by atoms with Gasteiger partial charge in [-0.3, -0.25) is 14.7 Å². The number of fused-ring (bicyclic) bond motifs is 1. The van der Waals surface area contributed by atoms with Crippen LogP contribution in [-0.4, -0.2) is 22.0 Å². The highest BCUT2D eigenvalue weighted by Crippen LogP contribution is 2.34. The topological polar surface area (TPSA) is 86.9 Å². The number of anilines is 2. The third-order valence-electron chi connectivity index (χ3n) is 3.39. The maximum absolute atomic E-state index is 12.9. The Kier molecular flexibility index (Phi) is 4.14. The van der Waals surface area contributed by atoms with E-state index >= 15 is 0 Å². The van der Waals surface area contributed by atoms with Crippen molar-refractivity contribution in [1.29, 1.82) is 0 Å². The Morgan fingerprint density at radius 3 is 2.48 bits per heavy atom. The van der Waals surface area contributed by atoms with Gasteiger partial charge in [-0.2, -0.15) is 18.3 Å². The molecule has 1 heterocycles. The lowest BCUT2D eigenvalue weighted by atomic mass is 10.1.